The molecule has 2 unspecified atom stereocenters. The van der Waals surface area contributed by atoms with Gasteiger partial charge in [0.1, 0.15) is 5.82 Å². The molecule has 4 nitrogen and oxygen atoms in total. The summed E-state index contributed by atoms with van der Waals surface area (Å²) >= 11 is 1.71. The summed E-state index contributed by atoms with van der Waals surface area (Å²) in [4.78, 5) is 0. The van der Waals surface area contributed by atoms with E-state index in [1.807, 2.05) is 18.5 Å². The Morgan fingerprint density at radius 1 is 1.38 bits per heavy atom. The molecular formula is C11H16N4S. The predicted molar refractivity (Wildman–Crippen MR) is 63.0 cm³/mol. The van der Waals surface area contributed by atoms with E-state index in [0.717, 1.165) is 23.8 Å². The van der Waals surface area contributed by atoms with Gasteiger partial charge in [-0.25, -0.2) is 0 Å². The normalized spacial score (nSPS) is 25.3. The van der Waals surface area contributed by atoms with E-state index in [-0.39, 0.29) is 5.92 Å². The molecule has 0 amide bonds. The minimum atomic E-state index is 0.177. The fourth-order valence-corrected chi connectivity index (χ4v) is 3.31. The molecule has 1 fully saturated rings. The van der Waals surface area contributed by atoms with Gasteiger partial charge in [-0.1, -0.05) is 24.6 Å². The molecule has 1 aromatic heterocycles. The van der Waals surface area contributed by atoms with Gasteiger partial charge in [0.25, 0.3) is 0 Å². The summed E-state index contributed by atoms with van der Waals surface area (Å²) in [5.74, 6) is 1.10. The second-order valence-electron chi connectivity index (χ2n) is 4.27. The highest BCUT2D eigenvalue weighted by Gasteiger charge is 2.27. The topological polar surface area (TPSA) is 54.5 Å². The highest BCUT2D eigenvalue weighted by atomic mass is 32.2. The third-order valence-corrected chi connectivity index (χ3v) is 4.61. The Bertz CT molecular complexity index is 407. The number of nitriles is 1. The molecule has 1 heterocycles. The molecule has 2 rings (SSSR count). The number of hydrogen-bond acceptors (Lipinski definition) is 4. The fourth-order valence-electron chi connectivity index (χ4n) is 2.01. The quantitative estimate of drug-likeness (QED) is 0.790. The van der Waals surface area contributed by atoms with Gasteiger partial charge in [-0.05, 0) is 19.8 Å². The van der Waals surface area contributed by atoms with Crippen molar-refractivity contribution in [2.45, 2.75) is 43.0 Å². The van der Waals surface area contributed by atoms with Crippen LogP contribution in [0.15, 0.2) is 5.16 Å². The highest BCUT2D eigenvalue weighted by molar-refractivity contribution is 7.99. The van der Waals surface area contributed by atoms with Crippen LogP contribution in [-0.4, -0.2) is 20.0 Å². The van der Waals surface area contributed by atoms with E-state index in [2.05, 4.69) is 16.3 Å². The smallest absolute Gasteiger partial charge is 0.191 e. The molecule has 1 aliphatic rings. The van der Waals surface area contributed by atoms with Crippen LogP contribution < -0.4 is 0 Å². The standard InChI is InChI=1S/C11H16N4S/c1-8-13-14-11(15(8)2)16-10-6-4-3-5-9(10)7-12/h9-10H,3-6H2,1-2H3. The number of aryl methyl sites for hydroxylation is 1. The van der Waals surface area contributed by atoms with Crippen LogP contribution in [0.3, 0.4) is 0 Å². The lowest BCUT2D eigenvalue weighted by molar-refractivity contribution is 0.438. The van der Waals surface area contributed by atoms with Crippen molar-refractivity contribution in [2.75, 3.05) is 0 Å². The van der Waals surface area contributed by atoms with Crippen LogP contribution >= 0.6 is 11.8 Å². The Kier molecular flexibility index (Phi) is 3.49. The zero-order chi connectivity index (χ0) is 11.5. The summed E-state index contributed by atoms with van der Waals surface area (Å²) in [7, 11) is 1.97. The van der Waals surface area contributed by atoms with Crippen molar-refractivity contribution in [1.82, 2.24) is 14.8 Å². The largest absolute Gasteiger partial charge is 0.309 e. The van der Waals surface area contributed by atoms with Crippen molar-refractivity contribution >= 4 is 11.8 Å². The lowest BCUT2D eigenvalue weighted by atomic mass is 9.90. The summed E-state index contributed by atoms with van der Waals surface area (Å²) in [6.45, 7) is 1.94. The van der Waals surface area contributed by atoms with Crippen LogP contribution in [0, 0.1) is 24.2 Å². The Hall–Kier alpha value is -1.02. The van der Waals surface area contributed by atoms with E-state index in [0.29, 0.717) is 5.25 Å². The Balaban J connectivity index is 2.08. The van der Waals surface area contributed by atoms with Crippen molar-refractivity contribution in [3.8, 4) is 6.07 Å². The lowest BCUT2D eigenvalue weighted by Gasteiger charge is -2.25. The minimum Gasteiger partial charge on any atom is -0.309 e. The molecule has 0 aliphatic heterocycles. The van der Waals surface area contributed by atoms with E-state index < -0.39 is 0 Å². The first-order valence-corrected chi connectivity index (χ1v) is 6.52. The minimum absolute atomic E-state index is 0.177. The van der Waals surface area contributed by atoms with Crippen molar-refractivity contribution in [3.05, 3.63) is 5.82 Å². The molecule has 0 radical (unpaired) electrons. The van der Waals surface area contributed by atoms with Gasteiger partial charge in [-0.15, -0.1) is 10.2 Å². The fraction of sp³-hybridized carbons (Fsp3) is 0.727. The number of aromatic nitrogens is 3. The second kappa shape index (κ2) is 4.88. The maximum absolute atomic E-state index is 9.11. The summed E-state index contributed by atoms with van der Waals surface area (Å²) in [5, 5.41) is 18.6. The molecular weight excluding hydrogens is 220 g/mol. The number of nitrogens with zero attached hydrogens (tertiary/aromatic N) is 4. The van der Waals surface area contributed by atoms with Gasteiger partial charge in [0, 0.05) is 12.3 Å². The first-order valence-electron chi connectivity index (χ1n) is 5.64. The average Bonchev–Trinajstić information content (AvgIpc) is 2.62. The summed E-state index contributed by atoms with van der Waals surface area (Å²) in [6, 6.07) is 2.42. The molecule has 2 atom stereocenters. The SMILES string of the molecule is Cc1nnc(SC2CCCCC2C#N)n1C. The van der Waals surface area contributed by atoms with Crippen LogP contribution in [-0.2, 0) is 7.05 Å². The number of thioether (sulfide) groups is 1. The molecule has 0 spiro atoms. The first-order chi connectivity index (χ1) is 7.72. The molecule has 5 heteroatoms. The van der Waals surface area contributed by atoms with Gasteiger partial charge >= 0.3 is 0 Å². The van der Waals surface area contributed by atoms with Crippen LogP contribution in [0.5, 0.6) is 0 Å². The molecule has 1 saturated carbocycles. The summed E-state index contributed by atoms with van der Waals surface area (Å²) < 4.78 is 1.99. The zero-order valence-corrected chi connectivity index (χ0v) is 10.5. The maximum Gasteiger partial charge on any atom is 0.191 e. The van der Waals surface area contributed by atoms with Gasteiger partial charge < -0.3 is 4.57 Å². The van der Waals surface area contributed by atoms with E-state index in [1.165, 1.54) is 12.8 Å². The van der Waals surface area contributed by atoms with Gasteiger partial charge in [0.2, 0.25) is 0 Å². The van der Waals surface area contributed by atoms with Crippen molar-refractivity contribution in [1.29, 1.82) is 5.26 Å². The molecule has 0 saturated heterocycles. The van der Waals surface area contributed by atoms with Gasteiger partial charge in [0.05, 0.1) is 12.0 Å². The van der Waals surface area contributed by atoms with Crippen LogP contribution in [0.1, 0.15) is 31.5 Å². The van der Waals surface area contributed by atoms with Crippen LogP contribution in [0.4, 0.5) is 0 Å². The van der Waals surface area contributed by atoms with Crippen LogP contribution in [0.2, 0.25) is 0 Å². The molecule has 1 aromatic rings. The maximum atomic E-state index is 9.11. The van der Waals surface area contributed by atoms with Gasteiger partial charge in [-0.2, -0.15) is 5.26 Å². The highest BCUT2D eigenvalue weighted by Crippen LogP contribution is 2.36. The van der Waals surface area contributed by atoms with Gasteiger partial charge in [0.15, 0.2) is 5.16 Å². The molecule has 0 bridgehead atoms. The van der Waals surface area contributed by atoms with Crippen molar-refractivity contribution in [3.63, 3.8) is 0 Å². The van der Waals surface area contributed by atoms with E-state index >= 15 is 0 Å². The summed E-state index contributed by atoms with van der Waals surface area (Å²) in [5.41, 5.74) is 0. The number of rotatable bonds is 2. The Morgan fingerprint density at radius 3 is 2.75 bits per heavy atom. The third kappa shape index (κ3) is 2.22. The van der Waals surface area contributed by atoms with E-state index in [9.17, 15) is 0 Å². The van der Waals surface area contributed by atoms with Crippen molar-refractivity contribution < 1.29 is 0 Å². The molecule has 0 N–H and O–H groups in total. The lowest BCUT2D eigenvalue weighted by Crippen LogP contribution is -2.20. The Labute approximate surface area is 100 Å². The van der Waals surface area contributed by atoms with E-state index in [4.69, 9.17) is 5.26 Å². The first kappa shape index (κ1) is 11.5. The van der Waals surface area contributed by atoms with Crippen LogP contribution in [0.25, 0.3) is 0 Å². The Morgan fingerprint density at radius 2 is 2.12 bits per heavy atom. The van der Waals surface area contributed by atoms with Crippen molar-refractivity contribution in [2.24, 2.45) is 13.0 Å². The average molecular weight is 236 g/mol. The summed E-state index contributed by atoms with van der Waals surface area (Å²) in [6.07, 6.45) is 4.57. The predicted octanol–water partition coefficient (Wildman–Crippen LogP) is 2.30. The zero-order valence-electron chi connectivity index (χ0n) is 9.68. The van der Waals surface area contributed by atoms with E-state index in [1.54, 1.807) is 11.8 Å². The molecule has 1 aliphatic carbocycles. The third-order valence-electron chi connectivity index (χ3n) is 3.18. The van der Waals surface area contributed by atoms with Gasteiger partial charge in [-0.3, -0.25) is 0 Å². The second-order valence-corrected chi connectivity index (χ2v) is 5.47. The molecule has 16 heavy (non-hydrogen) atoms. The number of hydrogen-bond donors (Lipinski definition) is 0. The molecule has 86 valence electrons. The molecule has 0 aromatic carbocycles. The monoisotopic (exact) mass is 236 g/mol.